The smallest absolute Gasteiger partial charge is 0.00965 e. The maximum Gasteiger partial charge on any atom is 0.00965 e. The molecule has 0 aromatic heterocycles. The average Bonchev–Trinajstić information content (AvgIpc) is 3.13. The minimum absolute atomic E-state index is 0.466. The topological polar surface area (TPSA) is 29.3 Å². The van der Waals surface area contributed by atoms with E-state index in [-0.39, 0.29) is 0 Å². The summed E-state index contributed by atoms with van der Waals surface area (Å²) >= 11 is 0. The van der Waals surface area contributed by atoms with Gasteiger partial charge in [-0.3, -0.25) is 0 Å². The van der Waals surface area contributed by atoms with E-state index in [1.165, 1.54) is 64.5 Å². The van der Waals surface area contributed by atoms with Crippen molar-refractivity contribution in [2.24, 2.45) is 17.6 Å². The maximum atomic E-state index is 6.38. The fourth-order valence-corrected chi connectivity index (χ4v) is 3.23. The van der Waals surface area contributed by atoms with Gasteiger partial charge in [0.1, 0.15) is 0 Å². The molecule has 0 aliphatic heterocycles. The summed E-state index contributed by atoms with van der Waals surface area (Å²) in [7, 11) is 0. The molecule has 0 heterocycles. The van der Waals surface area contributed by atoms with Crippen LogP contribution in [0.4, 0.5) is 0 Å². The van der Waals surface area contributed by atoms with Gasteiger partial charge in [-0.15, -0.1) is 0 Å². The lowest BCUT2D eigenvalue weighted by Crippen LogP contribution is -2.40. The number of nitrogens with zero attached hydrogens (tertiary/aromatic N) is 1. The summed E-state index contributed by atoms with van der Waals surface area (Å²) in [5.41, 5.74) is 6.38. The van der Waals surface area contributed by atoms with Crippen LogP contribution in [0.25, 0.3) is 0 Å². The number of nitrogens with two attached hydrogens (primary N) is 1. The van der Waals surface area contributed by atoms with Gasteiger partial charge in [-0.2, -0.15) is 0 Å². The Kier molecular flexibility index (Phi) is 5.50. The van der Waals surface area contributed by atoms with E-state index >= 15 is 0 Å². The summed E-state index contributed by atoms with van der Waals surface area (Å²) in [5.74, 6) is 1.59. The molecule has 2 atom stereocenters. The van der Waals surface area contributed by atoms with Crippen LogP contribution in [0.15, 0.2) is 0 Å². The normalized spacial score (nSPS) is 29.8. The van der Waals surface area contributed by atoms with Gasteiger partial charge in [-0.1, -0.05) is 33.1 Å². The van der Waals surface area contributed by atoms with E-state index in [4.69, 9.17) is 5.73 Å². The molecule has 2 saturated carbocycles. The second-order valence-electron chi connectivity index (χ2n) is 6.97. The predicted molar refractivity (Wildman–Crippen MR) is 78.6 cm³/mol. The van der Waals surface area contributed by atoms with E-state index in [0.717, 1.165) is 17.9 Å². The highest BCUT2D eigenvalue weighted by Crippen LogP contribution is 2.31. The van der Waals surface area contributed by atoms with Crippen molar-refractivity contribution in [1.29, 1.82) is 0 Å². The third-order valence-electron chi connectivity index (χ3n) is 4.74. The van der Waals surface area contributed by atoms with Gasteiger partial charge in [-0.05, 0) is 50.5 Å². The zero-order chi connectivity index (χ0) is 13.0. The minimum Gasteiger partial charge on any atom is -0.327 e. The first-order valence-electron chi connectivity index (χ1n) is 8.16. The molecule has 0 aromatic carbocycles. The summed E-state index contributed by atoms with van der Waals surface area (Å²) in [6.45, 7) is 7.25. The van der Waals surface area contributed by atoms with Gasteiger partial charge in [0.2, 0.25) is 0 Å². The van der Waals surface area contributed by atoms with Crippen LogP contribution in [0, 0.1) is 11.8 Å². The molecule has 0 saturated heterocycles. The lowest BCUT2D eigenvalue weighted by molar-refractivity contribution is 0.189. The Morgan fingerprint density at radius 1 is 1.06 bits per heavy atom. The predicted octanol–water partition coefficient (Wildman–Crippen LogP) is 3.40. The van der Waals surface area contributed by atoms with Gasteiger partial charge in [0.15, 0.2) is 0 Å². The Labute approximate surface area is 113 Å². The van der Waals surface area contributed by atoms with E-state index < -0.39 is 0 Å². The molecule has 106 valence electrons. The summed E-state index contributed by atoms with van der Waals surface area (Å²) in [5, 5.41) is 0. The molecule has 2 rings (SSSR count). The monoisotopic (exact) mass is 252 g/mol. The van der Waals surface area contributed by atoms with Gasteiger partial charge in [0.05, 0.1) is 0 Å². The first-order chi connectivity index (χ1) is 8.66. The van der Waals surface area contributed by atoms with E-state index in [1.54, 1.807) is 0 Å². The molecule has 2 heteroatoms. The molecule has 2 aliphatic rings. The van der Waals surface area contributed by atoms with Gasteiger partial charge in [-0.25, -0.2) is 0 Å². The maximum absolute atomic E-state index is 6.38. The zero-order valence-corrected chi connectivity index (χ0v) is 12.4. The van der Waals surface area contributed by atoms with Crippen LogP contribution in [-0.2, 0) is 0 Å². The molecule has 0 radical (unpaired) electrons. The number of rotatable bonds is 6. The van der Waals surface area contributed by atoms with Crippen LogP contribution in [0.2, 0.25) is 0 Å². The van der Waals surface area contributed by atoms with Crippen LogP contribution in [-0.4, -0.2) is 30.1 Å². The fraction of sp³-hybridized carbons (Fsp3) is 1.00. The van der Waals surface area contributed by atoms with Crippen LogP contribution in [0.3, 0.4) is 0 Å². The van der Waals surface area contributed by atoms with Crippen molar-refractivity contribution in [2.45, 2.75) is 77.3 Å². The summed E-state index contributed by atoms with van der Waals surface area (Å²) in [6, 6.07) is 1.37. The SMILES string of the molecule is CC(C)CCN(CC1CCCCCC1N)C1CC1. The Morgan fingerprint density at radius 2 is 1.78 bits per heavy atom. The molecule has 2 aliphatic carbocycles. The van der Waals surface area contributed by atoms with E-state index in [2.05, 4.69) is 18.7 Å². The van der Waals surface area contributed by atoms with Crippen molar-refractivity contribution in [3.8, 4) is 0 Å². The van der Waals surface area contributed by atoms with Crippen molar-refractivity contribution < 1.29 is 0 Å². The molecule has 0 bridgehead atoms. The highest BCUT2D eigenvalue weighted by Gasteiger charge is 2.32. The standard InChI is InChI=1S/C16H32N2/c1-13(2)10-11-18(15-8-9-15)12-14-6-4-3-5-7-16(14)17/h13-16H,3-12,17H2,1-2H3. The first-order valence-corrected chi connectivity index (χ1v) is 8.16. The Hall–Kier alpha value is -0.0800. The van der Waals surface area contributed by atoms with Crippen molar-refractivity contribution in [1.82, 2.24) is 4.90 Å². The van der Waals surface area contributed by atoms with Gasteiger partial charge < -0.3 is 10.6 Å². The minimum atomic E-state index is 0.466. The second-order valence-corrected chi connectivity index (χ2v) is 6.97. The lowest BCUT2D eigenvalue weighted by atomic mass is 9.94. The molecular weight excluding hydrogens is 220 g/mol. The van der Waals surface area contributed by atoms with Crippen molar-refractivity contribution in [3.05, 3.63) is 0 Å². The fourth-order valence-electron chi connectivity index (χ4n) is 3.23. The van der Waals surface area contributed by atoms with Crippen molar-refractivity contribution in [2.75, 3.05) is 13.1 Å². The second kappa shape index (κ2) is 6.91. The van der Waals surface area contributed by atoms with Crippen LogP contribution in [0.1, 0.15) is 65.2 Å². The molecule has 2 unspecified atom stereocenters. The van der Waals surface area contributed by atoms with E-state index in [9.17, 15) is 0 Å². The molecule has 2 N–H and O–H groups in total. The molecule has 0 aromatic rings. The van der Waals surface area contributed by atoms with Crippen molar-refractivity contribution in [3.63, 3.8) is 0 Å². The summed E-state index contributed by atoms with van der Waals surface area (Å²) in [6.07, 6.45) is 11.0. The highest BCUT2D eigenvalue weighted by molar-refractivity contribution is 4.88. The van der Waals surface area contributed by atoms with Crippen LogP contribution in [0.5, 0.6) is 0 Å². The highest BCUT2D eigenvalue weighted by atomic mass is 15.2. The van der Waals surface area contributed by atoms with Gasteiger partial charge in [0.25, 0.3) is 0 Å². The van der Waals surface area contributed by atoms with Gasteiger partial charge >= 0.3 is 0 Å². The molecule has 0 spiro atoms. The Morgan fingerprint density at radius 3 is 2.44 bits per heavy atom. The summed E-state index contributed by atoms with van der Waals surface area (Å²) < 4.78 is 0. The lowest BCUT2D eigenvalue weighted by Gasteiger charge is -2.30. The van der Waals surface area contributed by atoms with Crippen molar-refractivity contribution >= 4 is 0 Å². The van der Waals surface area contributed by atoms with Gasteiger partial charge in [0, 0.05) is 18.6 Å². The summed E-state index contributed by atoms with van der Waals surface area (Å²) in [4.78, 5) is 2.76. The van der Waals surface area contributed by atoms with E-state index in [0.29, 0.717) is 6.04 Å². The molecule has 2 nitrogen and oxygen atoms in total. The van der Waals surface area contributed by atoms with Crippen LogP contribution >= 0.6 is 0 Å². The first kappa shape index (κ1) is 14.3. The van der Waals surface area contributed by atoms with Crippen LogP contribution < -0.4 is 5.73 Å². The number of hydrogen-bond donors (Lipinski definition) is 1. The number of hydrogen-bond acceptors (Lipinski definition) is 2. The molecular formula is C16H32N2. The largest absolute Gasteiger partial charge is 0.327 e. The molecule has 2 fully saturated rings. The molecule has 18 heavy (non-hydrogen) atoms. The quantitative estimate of drug-likeness (QED) is 0.734. The Bertz CT molecular complexity index is 235. The third-order valence-corrected chi connectivity index (χ3v) is 4.74. The third kappa shape index (κ3) is 4.55. The molecule has 0 amide bonds. The van der Waals surface area contributed by atoms with E-state index in [1.807, 2.05) is 0 Å². The zero-order valence-electron chi connectivity index (χ0n) is 12.4. The average molecular weight is 252 g/mol. The Balaban J connectivity index is 1.82.